The van der Waals surface area contributed by atoms with Gasteiger partial charge in [0.2, 0.25) is 0 Å². The molecule has 0 bridgehead atoms. The van der Waals surface area contributed by atoms with E-state index in [0.717, 1.165) is 12.2 Å². The minimum atomic E-state index is -0.873. The molecule has 0 saturated carbocycles. The summed E-state index contributed by atoms with van der Waals surface area (Å²) in [6.07, 6.45) is 14.8. The molecule has 2 N–H and O–H groups in total. The van der Waals surface area contributed by atoms with Gasteiger partial charge in [-0.2, -0.15) is 11.8 Å². The molecule has 0 aliphatic carbocycles. The van der Waals surface area contributed by atoms with Gasteiger partial charge >= 0.3 is 5.97 Å². The van der Waals surface area contributed by atoms with Gasteiger partial charge < -0.3 is 10.4 Å². The molecule has 26 heavy (non-hydrogen) atoms. The predicted molar refractivity (Wildman–Crippen MR) is 116 cm³/mol. The summed E-state index contributed by atoms with van der Waals surface area (Å²) >= 11 is 2.13. The molecule has 0 aliphatic rings. The maximum absolute atomic E-state index is 10.8. The van der Waals surface area contributed by atoms with Crippen molar-refractivity contribution in [3.8, 4) is 0 Å². The molecule has 0 saturated heterocycles. The lowest BCUT2D eigenvalue weighted by Crippen LogP contribution is -2.02. The number of carboxylic acids is 1. The van der Waals surface area contributed by atoms with Gasteiger partial charge in [0.25, 0.3) is 0 Å². The van der Waals surface area contributed by atoms with Crippen LogP contribution in [0.2, 0.25) is 0 Å². The van der Waals surface area contributed by atoms with Crippen LogP contribution >= 0.6 is 11.8 Å². The van der Waals surface area contributed by atoms with Crippen molar-refractivity contribution in [3.63, 3.8) is 0 Å². The molecule has 1 aromatic rings. The molecule has 0 fully saturated rings. The van der Waals surface area contributed by atoms with Crippen molar-refractivity contribution in [2.75, 3.05) is 23.4 Å². The van der Waals surface area contributed by atoms with Crippen LogP contribution in [0.3, 0.4) is 0 Å². The Balaban J connectivity index is 1.83. The van der Waals surface area contributed by atoms with Crippen LogP contribution in [0.4, 0.5) is 5.69 Å². The number of aromatic carboxylic acids is 1. The van der Waals surface area contributed by atoms with Crippen LogP contribution < -0.4 is 5.32 Å². The summed E-state index contributed by atoms with van der Waals surface area (Å²) in [4.78, 5) is 10.8. The molecule has 3 nitrogen and oxygen atoms in total. The zero-order valence-electron chi connectivity index (χ0n) is 16.5. The first kappa shape index (κ1) is 22.9. The SMILES string of the molecule is CCCCSCCCCCCCCCCCNc1ccc(C(=O)O)cc1. The van der Waals surface area contributed by atoms with Crippen molar-refractivity contribution >= 4 is 23.4 Å². The van der Waals surface area contributed by atoms with Crippen molar-refractivity contribution in [3.05, 3.63) is 29.8 Å². The molecule has 0 unspecified atom stereocenters. The van der Waals surface area contributed by atoms with Crippen LogP contribution in [-0.4, -0.2) is 29.1 Å². The van der Waals surface area contributed by atoms with E-state index in [4.69, 9.17) is 5.11 Å². The lowest BCUT2D eigenvalue weighted by Gasteiger charge is -2.07. The summed E-state index contributed by atoms with van der Waals surface area (Å²) in [5, 5.41) is 12.2. The van der Waals surface area contributed by atoms with Crippen LogP contribution in [0.1, 0.15) is 87.9 Å². The monoisotopic (exact) mass is 379 g/mol. The fourth-order valence-electron chi connectivity index (χ4n) is 2.88. The summed E-state index contributed by atoms with van der Waals surface area (Å²) in [6.45, 7) is 3.22. The fourth-order valence-corrected chi connectivity index (χ4v) is 3.98. The lowest BCUT2D eigenvalue weighted by molar-refractivity contribution is 0.0697. The number of carboxylic acid groups (broad SMARTS) is 1. The second-order valence-electron chi connectivity index (χ2n) is 6.96. The number of carbonyl (C=O) groups is 1. The topological polar surface area (TPSA) is 49.3 Å². The second-order valence-corrected chi connectivity index (χ2v) is 8.18. The van der Waals surface area contributed by atoms with Gasteiger partial charge in [0.1, 0.15) is 0 Å². The first-order valence-corrected chi connectivity index (χ1v) is 11.5. The molecule has 0 amide bonds. The summed E-state index contributed by atoms with van der Waals surface area (Å²) in [6, 6.07) is 6.97. The molecule has 0 radical (unpaired) electrons. The van der Waals surface area contributed by atoms with E-state index in [2.05, 4.69) is 24.0 Å². The van der Waals surface area contributed by atoms with E-state index >= 15 is 0 Å². The number of rotatable bonds is 17. The maximum atomic E-state index is 10.8. The highest BCUT2D eigenvalue weighted by molar-refractivity contribution is 7.99. The minimum Gasteiger partial charge on any atom is -0.478 e. The number of unbranched alkanes of at least 4 members (excludes halogenated alkanes) is 9. The number of benzene rings is 1. The van der Waals surface area contributed by atoms with E-state index in [-0.39, 0.29) is 0 Å². The number of thioether (sulfide) groups is 1. The van der Waals surface area contributed by atoms with Crippen molar-refractivity contribution in [2.24, 2.45) is 0 Å². The van der Waals surface area contributed by atoms with E-state index in [1.165, 1.54) is 82.1 Å². The van der Waals surface area contributed by atoms with Crippen molar-refractivity contribution in [2.45, 2.75) is 77.6 Å². The average molecular weight is 380 g/mol. The van der Waals surface area contributed by atoms with Gasteiger partial charge in [-0.15, -0.1) is 0 Å². The van der Waals surface area contributed by atoms with Gasteiger partial charge in [0.15, 0.2) is 0 Å². The summed E-state index contributed by atoms with van der Waals surface area (Å²) in [5.74, 6) is 1.83. The molecular formula is C22H37NO2S. The van der Waals surface area contributed by atoms with E-state index in [1.807, 2.05) is 12.1 Å². The Morgan fingerprint density at radius 1 is 0.846 bits per heavy atom. The molecule has 0 aliphatic heterocycles. The van der Waals surface area contributed by atoms with Crippen LogP contribution in [0, 0.1) is 0 Å². The molecular weight excluding hydrogens is 342 g/mol. The molecule has 148 valence electrons. The zero-order chi connectivity index (χ0) is 18.9. The largest absolute Gasteiger partial charge is 0.478 e. The Morgan fingerprint density at radius 3 is 1.96 bits per heavy atom. The fraction of sp³-hybridized carbons (Fsp3) is 0.682. The van der Waals surface area contributed by atoms with Crippen molar-refractivity contribution < 1.29 is 9.90 Å². The van der Waals surface area contributed by atoms with Gasteiger partial charge in [-0.3, -0.25) is 0 Å². The van der Waals surface area contributed by atoms with Gasteiger partial charge in [-0.1, -0.05) is 58.3 Å². The number of hydrogen-bond donors (Lipinski definition) is 2. The minimum absolute atomic E-state index is 0.339. The second kappa shape index (κ2) is 16.0. The molecule has 0 spiro atoms. The van der Waals surface area contributed by atoms with Crippen LogP contribution in [0.15, 0.2) is 24.3 Å². The van der Waals surface area contributed by atoms with E-state index in [9.17, 15) is 4.79 Å². The smallest absolute Gasteiger partial charge is 0.335 e. The Hall–Kier alpha value is -1.16. The number of nitrogens with one attached hydrogen (secondary N) is 1. The number of hydrogen-bond acceptors (Lipinski definition) is 3. The van der Waals surface area contributed by atoms with Crippen LogP contribution in [0.5, 0.6) is 0 Å². The van der Waals surface area contributed by atoms with Crippen molar-refractivity contribution in [1.29, 1.82) is 0 Å². The van der Waals surface area contributed by atoms with Crippen molar-refractivity contribution in [1.82, 2.24) is 0 Å². The third-order valence-corrected chi connectivity index (χ3v) is 5.72. The molecule has 0 heterocycles. The third kappa shape index (κ3) is 12.2. The van der Waals surface area contributed by atoms with Gasteiger partial charge in [-0.25, -0.2) is 4.79 Å². The summed E-state index contributed by atoms with van der Waals surface area (Å²) in [7, 11) is 0. The molecule has 0 atom stereocenters. The molecule has 0 aromatic heterocycles. The van der Waals surface area contributed by atoms with E-state index < -0.39 is 5.97 Å². The summed E-state index contributed by atoms with van der Waals surface area (Å²) in [5.41, 5.74) is 1.34. The first-order valence-electron chi connectivity index (χ1n) is 10.4. The first-order chi connectivity index (χ1) is 12.7. The van der Waals surface area contributed by atoms with E-state index in [1.54, 1.807) is 12.1 Å². The van der Waals surface area contributed by atoms with Gasteiger partial charge in [-0.05, 0) is 55.0 Å². The normalized spacial score (nSPS) is 10.8. The standard InChI is InChI=1S/C22H37NO2S/c1-2-3-18-26-19-12-10-8-6-4-5-7-9-11-17-23-21-15-13-20(14-16-21)22(24)25/h13-16,23H,2-12,17-19H2,1H3,(H,24,25). The number of anilines is 1. The highest BCUT2D eigenvalue weighted by Crippen LogP contribution is 2.13. The molecule has 1 aromatic carbocycles. The predicted octanol–water partition coefficient (Wildman–Crippen LogP) is 6.84. The molecule has 4 heteroatoms. The zero-order valence-corrected chi connectivity index (χ0v) is 17.3. The quantitative estimate of drug-likeness (QED) is 0.291. The van der Waals surface area contributed by atoms with E-state index in [0.29, 0.717) is 5.56 Å². The Bertz CT molecular complexity index is 462. The van der Waals surface area contributed by atoms with Crippen LogP contribution in [-0.2, 0) is 0 Å². The maximum Gasteiger partial charge on any atom is 0.335 e. The Kier molecular flexibility index (Phi) is 14.1. The lowest BCUT2D eigenvalue weighted by atomic mass is 10.1. The van der Waals surface area contributed by atoms with Crippen LogP contribution in [0.25, 0.3) is 0 Å². The third-order valence-electron chi connectivity index (χ3n) is 4.57. The van der Waals surface area contributed by atoms with Gasteiger partial charge in [0, 0.05) is 12.2 Å². The Labute approximate surface area is 164 Å². The highest BCUT2D eigenvalue weighted by atomic mass is 32.2. The van der Waals surface area contributed by atoms with Gasteiger partial charge in [0.05, 0.1) is 5.56 Å². The summed E-state index contributed by atoms with van der Waals surface area (Å²) < 4.78 is 0. The highest BCUT2D eigenvalue weighted by Gasteiger charge is 2.01. The average Bonchev–Trinajstić information content (AvgIpc) is 2.65. The Morgan fingerprint density at radius 2 is 1.38 bits per heavy atom. The molecule has 1 rings (SSSR count).